The number of rotatable bonds is 9. The minimum Gasteiger partial charge on any atom is -0.374 e. The SMILES string of the molecule is [C-]#[N+]C1=C(C(OO)C2C(C)CC(CCCC)CC2C)C2N=C(C(C)(C)C=O)N[N+]2=C1OC(=O)c1c(Cl)cccc1Cl. The van der Waals surface area contributed by atoms with Crippen molar-refractivity contribution in [3.05, 3.63) is 56.5 Å². The molecule has 2 aliphatic heterocycles. The third-order valence-electron chi connectivity index (χ3n) is 8.53. The van der Waals surface area contributed by atoms with E-state index in [9.17, 15) is 14.8 Å². The summed E-state index contributed by atoms with van der Waals surface area (Å²) < 4.78 is 7.23. The summed E-state index contributed by atoms with van der Waals surface area (Å²) >= 11 is 12.5. The number of hydrogen-bond acceptors (Lipinski definition) is 7. The second-order valence-electron chi connectivity index (χ2n) is 11.9. The van der Waals surface area contributed by atoms with Crippen molar-refractivity contribution >= 4 is 47.2 Å². The molecular formula is C30H37Cl2N4O5+. The maximum absolute atomic E-state index is 13.3. The van der Waals surface area contributed by atoms with Gasteiger partial charge in [-0.3, -0.25) is 5.26 Å². The molecule has 220 valence electrons. The Balaban J connectivity index is 1.78. The van der Waals surface area contributed by atoms with Gasteiger partial charge in [-0.25, -0.2) is 14.5 Å². The van der Waals surface area contributed by atoms with Crippen LogP contribution in [0.1, 0.15) is 77.1 Å². The van der Waals surface area contributed by atoms with E-state index in [1.165, 1.54) is 23.2 Å². The van der Waals surface area contributed by atoms with Crippen LogP contribution in [0.25, 0.3) is 4.85 Å². The van der Waals surface area contributed by atoms with Crippen molar-refractivity contribution in [3.8, 4) is 0 Å². The number of hydrogen-bond donors (Lipinski definition) is 2. The standard InChI is InChI=1S/C30H36Cl2N4O5/c1-7-8-10-18-13-16(2)21(17(3)14-18)25(41-39)23-24(33-6)27(36-26(23)34-29(35-36)30(4,5)15-37)40-28(38)22-19(31)11-9-12-20(22)32/h9,11-12,15-18,21,25-26H,7-8,10,13-14H2,1-5H3,(H-,34,35,39)/p+1. The number of fused-ring (bicyclic) bond motifs is 1. The Hall–Kier alpha value is -2.77. The minimum atomic E-state index is -0.998. The highest BCUT2D eigenvalue weighted by atomic mass is 35.5. The van der Waals surface area contributed by atoms with Gasteiger partial charge in [0, 0.05) is 0 Å². The Morgan fingerprint density at radius 3 is 2.46 bits per heavy atom. The highest BCUT2D eigenvalue weighted by Crippen LogP contribution is 2.46. The summed E-state index contributed by atoms with van der Waals surface area (Å²) in [5.74, 6) is 0.162. The zero-order chi connectivity index (χ0) is 30.1. The zero-order valence-electron chi connectivity index (χ0n) is 24.0. The molecule has 2 N–H and O–H groups in total. The van der Waals surface area contributed by atoms with Crippen LogP contribution in [0, 0.1) is 35.7 Å². The molecule has 0 amide bonds. The van der Waals surface area contributed by atoms with Gasteiger partial charge in [-0.2, -0.15) is 4.99 Å². The van der Waals surface area contributed by atoms with Gasteiger partial charge in [0.25, 0.3) is 6.17 Å². The van der Waals surface area contributed by atoms with Gasteiger partial charge in [-0.1, -0.05) is 74.0 Å². The van der Waals surface area contributed by atoms with Crippen LogP contribution in [0.2, 0.25) is 10.0 Å². The van der Waals surface area contributed by atoms with Crippen LogP contribution in [0.3, 0.4) is 0 Å². The molecule has 9 nitrogen and oxygen atoms in total. The Morgan fingerprint density at radius 2 is 1.93 bits per heavy atom. The molecule has 0 radical (unpaired) electrons. The molecule has 1 aromatic carbocycles. The number of benzene rings is 1. The first-order valence-electron chi connectivity index (χ1n) is 14.0. The summed E-state index contributed by atoms with van der Waals surface area (Å²) in [7, 11) is 0. The van der Waals surface area contributed by atoms with Crippen LogP contribution in [-0.2, 0) is 14.4 Å². The molecule has 4 rings (SSSR count). The number of amidine groups is 1. The molecule has 2 heterocycles. The molecule has 0 bridgehead atoms. The summed E-state index contributed by atoms with van der Waals surface area (Å²) in [6.07, 6.45) is 4.42. The van der Waals surface area contributed by atoms with Crippen molar-refractivity contribution in [1.82, 2.24) is 5.43 Å². The normalized spacial score (nSPS) is 26.7. The number of aliphatic imine (C=N–C) groups is 1. The molecule has 4 unspecified atom stereocenters. The van der Waals surface area contributed by atoms with Gasteiger partial charge in [0.05, 0.1) is 33.2 Å². The summed E-state index contributed by atoms with van der Waals surface area (Å²) in [5, 5.41) is 10.6. The largest absolute Gasteiger partial charge is 0.407 e. The van der Waals surface area contributed by atoms with Gasteiger partial charge >= 0.3 is 17.6 Å². The summed E-state index contributed by atoms with van der Waals surface area (Å²) in [4.78, 5) is 38.9. The zero-order valence-corrected chi connectivity index (χ0v) is 25.5. The monoisotopic (exact) mass is 603 g/mol. The van der Waals surface area contributed by atoms with Gasteiger partial charge in [0.1, 0.15) is 12.4 Å². The van der Waals surface area contributed by atoms with Crippen LogP contribution < -0.4 is 5.43 Å². The molecule has 1 aliphatic carbocycles. The molecular weight excluding hydrogens is 567 g/mol. The molecule has 11 heteroatoms. The average molecular weight is 605 g/mol. The number of ether oxygens (including phenoxy) is 1. The van der Waals surface area contributed by atoms with Gasteiger partial charge < -0.3 is 9.53 Å². The summed E-state index contributed by atoms with van der Waals surface area (Å²) in [6, 6.07) is 4.63. The van der Waals surface area contributed by atoms with Gasteiger partial charge in [-0.05, 0) is 62.5 Å². The number of halogens is 2. The van der Waals surface area contributed by atoms with Crippen LogP contribution in [0.15, 0.2) is 34.5 Å². The Bertz CT molecular complexity index is 1320. The van der Waals surface area contributed by atoms with Gasteiger partial charge in [0.2, 0.25) is 0 Å². The lowest BCUT2D eigenvalue weighted by Gasteiger charge is -2.42. The Kier molecular flexibility index (Phi) is 9.59. The number of unbranched alkanes of at least 4 members (excludes halogenated alkanes) is 1. The smallest absolute Gasteiger partial charge is 0.374 e. The fourth-order valence-corrected chi connectivity index (χ4v) is 7.04. The van der Waals surface area contributed by atoms with E-state index in [0.29, 0.717) is 17.3 Å². The number of carbonyl (C=O) groups is 2. The van der Waals surface area contributed by atoms with E-state index in [0.717, 1.165) is 32.0 Å². The quantitative estimate of drug-likeness (QED) is 0.0826. The predicted octanol–water partition coefficient (Wildman–Crippen LogP) is 6.56. The van der Waals surface area contributed by atoms with Crippen LogP contribution in [0.5, 0.6) is 0 Å². The maximum Gasteiger partial charge on any atom is 0.407 e. The first-order chi connectivity index (χ1) is 19.5. The van der Waals surface area contributed by atoms with Crippen LogP contribution >= 0.6 is 23.2 Å². The number of aldehydes is 1. The highest BCUT2D eigenvalue weighted by molar-refractivity contribution is 6.39. The number of hydrazone groups is 1. The summed E-state index contributed by atoms with van der Waals surface area (Å²) in [6.45, 7) is 18.0. The molecule has 3 aliphatic rings. The second kappa shape index (κ2) is 12.6. The van der Waals surface area contributed by atoms with E-state index in [1.807, 2.05) is 0 Å². The molecule has 4 atom stereocenters. The summed E-state index contributed by atoms with van der Waals surface area (Å²) in [5.41, 5.74) is 2.38. The van der Waals surface area contributed by atoms with E-state index in [4.69, 9.17) is 44.4 Å². The third kappa shape index (κ3) is 5.94. The number of esters is 1. The third-order valence-corrected chi connectivity index (χ3v) is 9.16. The van der Waals surface area contributed by atoms with E-state index in [-0.39, 0.29) is 45.0 Å². The van der Waals surface area contributed by atoms with Crippen molar-refractivity contribution < 1.29 is 29.2 Å². The van der Waals surface area contributed by atoms with Crippen LogP contribution in [0.4, 0.5) is 0 Å². The van der Waals surface area contributed by atoms with E-state index < -0.39 is 23.7 Å². The van der Waals surface area contributed by atoms with Gasteiger partial charge in [0.15, 0.2) is 5.84 Å². The average Bonchev–Trinajstić information content (AvgIpc) is 3.48. The molecule has 0 spiro atoms. The van der Waals surface area contributed by atoms with Crippen molar-refractivity contribution in [3.63, 3.8) is 0 Å². The van der Waals surface area contributed by atoms with E-state index in [2.05, 4.69) is 31.0 Å². The molecule has 1 fully saturated rings. The molecule has 1 saturated carbocycles. The first kappa shape index (κ1) is 31.2. The van der Waals surface area contributed by atoms with E-state index >= 15 is 0 Å². The van der Waals surface area contributed by atoms with Crippen molar-refractivity contribution in [2.45, 2.75) is 79.0 Å². The lowest BCUT2D eigenvalue weighted by Crippen LogP contribution is -2.44. The lowest BCUT2D eigenvalue weighted by molar-refractivity contribution is -0.590. The molecule has 0 saturated heterocycles. The topological polar surface area (TPSA) is 105 Å². The minimum absolute atomic E-state index is 0.00251. The van der Waals surface area contributed by atoms with Crippen molar-refractivity contribution in [1.29, 1.82) is 0 Å². The van der Waals surface area contributed by atoms with Crippen LogP contribution in [-0.4, -0.2) is 46.2 Å². The number of nitrogens with one attached hydrogen (secondary N) is 1. The molecule has 0 aromatic heterocycles. The Labute approximate surface area is 250 Å². The first-order valence-corrected chi connectivity index (χ1v) is 14.8. The number of carbonyl (C=O) groups excluding carboxylic acids is 2. The fourth-order valence-electron chi connectivity index (χ4n) is 6.49. The lowest BCUT2D eigenvalue weighted by atomic mass is 9.65. The molecule has 1 aromatic rings. The fraction of sp³-hybridized carbons (Fsp3) is 0.567. The second-order valence-corrected chi connectivity index (χ2v) is 12.7. The van der Waals surface area contributed by atoms with E-state index in [1.54, 1.807) is 19.9 Å². The van der Waals surface area contributed by atoms with Gasteiger partial charge in [-0.15, -0.1) is 5.43 Å². The number of nitrogens with zero attached hydrogens (tertiary/aromatic N) is 3. The molecule has 41 heavy (non-hydrogen) atoms. The predicted molar refractivity (Wildman–Crippen MR) is 157 cm³/mol. The maximum atomic E-state index is 13.3. The van der Waals surface area contributed by atoms with Crippen molar-refractivity contribution in [2.24, 2.45) is 34.1 Å². The number of hydrazine groups is 1. The highest BCUT2D eigenvalue weighted by Gasteiger charge is 2.56. The Morgan fingerprint density at radius 1 is 1.29 bits per heavy atom. The van der Waals surface area contributed by atoms with Crippen molar-refractivity contribution in [2.75, 3.05) is 0 Å².